The number of carbonyl (C=O) groups is 3. The van der Waals surface area contributed by atoms with Gasteiger partial charge in [-0.2, -0.15) is 5.26 Å². The van der Waals surface area contributed by atoms with Gasteiger partial charge in [-0.1, -0.05) is 167 Å². The Hall–Kier alpha value is -7.75. The van der Waals surface area contributed by atoms with E-state index in [1.54, 1.807) is 23.5 Å². The van der Waals surface area contributed by atoms with Crippen molar-refractivity contribution in [2.24, 2.45) is 11.8 Å². The maximum atomic E-state index is 15.5. The lowest BCUT2D eigenvalue weighted by molar-refractivity contribution is -0.132. The average molecular weight is 1150 g/mol. The van der Waals surface area contributed by atoms with Crippen LogP contribution in [0.2, 0.25) is 0 Å². The molecule has 0 saturated carbocycles. The van der Waals surface area contributed by atoms with Gasteiger partial charge in [0.25, 0.3) is 11.8 Å². The monoisotopic (exact) mass is 1150 g/mol. The third-order valence-corrected chi connectivity index (χ3v) is 17.4. The van der Waals surface area contributed by atoms with Gasteiger partial charge in [0, 0.05) is 40.6 Å². The summed E-state index contributed by atoms with van der Waals surface area (Å²) in [4.78, 5) is 50.4. The van der Waals surface area contributed by atoms with Crippen molar-refractivity contribution in [1.82, 2.24) is 9.80 Å². The molecule has 2 aliphatic heterocycles. The molecule has 2 atom stereocenters. The van der Waals surface area contributed by atoms with Gasteiger partial charge in [0.05, 0.1) is 40.6 Å². The second-order valence-electron chi connectivity index (χ2n) is 22.3. The Bertz CT molecular complexity index is 3260. The number of ether oxygens (including phenoxy) is 2. The first-order valence-electron chi connectivity index (χ1n) is 30.8. The van der Waals surface area contributed by atoms with Gasteiger partial charge in [-0.15, -0.1) is 11.3 Å². The second-order valence-corrected chi connectivity index (χ2v) is 23.3. The molecule has 2 aliphatic rings. The van der Waals surface area contributed by atoms with E-state index in [0.717, 1.165) is 127 Å². The van der Waals surface area contributed by atoms with Crippen LogP contribution in [0.4, 0.5) is 21.5 Å². The number of carbonyl (C=O) groups excluding carboxylic acids is 2. The highest BCUT2D eigenvalue weighted by molar-refractivity contribution is 7.16. The van der Waals surface area contributed by atoms with Crippen molar-refractivity contribution in [2.75, 3.05) is 31.2 Å². The van der Waals surface area contributed by atoms with E-state index >= 15 is 14.0 Å². The molecule has 0 bridgehead atoms. The Morgan fingerprint density at radius 3 is 1.50 bits per heavy atom. The Morgan fingerprint density at radius 1 is 0.571 bits per heavy atom. The van der Waals surface area contributed by atoms with E-state index in [1.807, 2.05) is 58.3 Å². The number of aliphatic carboxylic acids is 1. The lowest BCUT2D eigenvalue weighted by atomic mass is 9.97. The van der Waals surface area contributed by atoms with Crippen molar-refractivity contribution in [3.63, 3.8) is 0 Å². The zero-order chi connectivity index (χ0) is 59.5. The molecule has 2 amide bonds. The SMILES string of the molecule is CCCCCCOc1ccc(N(c2ccc(OCCCCCC)cc2)c2ccc(-c3ccc(C4=C5C(=O)N(CC(CC)CCCC)C(c6ccc(-c7ccc(C=C(C#N)C(=O)O)c(F)c7)cc6)=C5C(=O)N4CC(CC)CCCC)s3)cc2)cc1. The zero-order valence-corrected chi connectivity index (χ0v) is 50.9. The third kappa shape index (κ3) is 15.1. The molecule has 0 saturated heterocycles. The quantitative estimate of drug-likeness (QED) is 0.0246. The van der Waals surface area contributed by atoms with E-state index in [4.69, 9.17) is 9.47 Å². The number of thiophene rings is 1. The van der Waals surface area contributed by atoms with E-state index < -0.39 is 17.4 Å². The number of carboxylic acid groups (broad SMARTS) is 1. The van der Waals surface area contributed by atoms with E-state index in [0.29, 0.717) is 65.5 Å². The summed E-state index contributed by atoms with van der Waals surface area (Å²) in [6.45, 7) is 15.5. The number of rotatable bonds is 33. The Labute approximate surface area is 501 Å². The van der Waals surface area contributed by atoms with E-state index in [1.165, 1.54) is 37.8 Å². The minimum Gasteiger partial charge on any atom is -0.494 e. The summed E-state index contributed by atoms with van der Waals surface area (Å²) < 4.78 is 27.8. The van der Waals surface area contributed by atoms with Crippen LogP contribution < -0.4 is 14.4 Å². The maximum Gasteiger partial charge on any atom is 0.346 e. The Kier molecular flexibility index (Phi) is 22.8. The van der Waals surface area contributed by atoms with Gasteiger partial charge in [0.15, 0.2) is 0 Å². The molecule has 0 aliphatic carbocycles. The molecule has 0 fully saturated rings. The molecule has 440 valence electrons. The van der Waals surface area contributed by atoms with Gasteiger partial charge in [0.2, 0.25) is 0 Å². The predicted molar refractivity (Wildman–Crippen MR) is 341 cm³/mol. The summed E-state index contributed by atoms with van der Waals surface area (Å²) in [6.07, 6.45) is 18.0. The molecule has 12 heteroatoms. The summed E-state index contributed by atoms with van der Waals surface area (Å²) in [5, 5.41) is 18.6. The summed E-state index contributed by atoms with van der Waals surface area (Å²) in [7, 11) is 0. The van der Waals surface area contributed by atoms with Crippen LogP contribution in [0.25, 0.3) is 39.0 Å². The number of hydrogen-bond donors (Lipinski definition) is 1. The number of amides is 2. The molecule has 3 heterocycles. The number of fused-ring (bicyclic) bond motifs is 1. The van der Waals surface area contributed by atoms with Crippen LogP contribution in [0, 0.1) is 29.0 Å². The van der Waals surface area contributed by atoms with Crippen LogP contribution in [0.3, 0.4) is 0 Å². The maximum absolute atomic E-state index is 15.5. The fourth-order valence-corrected chi connectivity index (χ4v) is 12.3. The summed E-state index contributed by atoms with van der Waals surface area (Å²) in [6, 6.07) is 43.0. The van der Waals surface area contributed by atoms with Crippen molar-refractivity contribution >= 4 is 63.7 Å². The first-order chi connectivity index (χ1) is 40.9. The molecule has 0 spiro atoms. The smallest absolute Gasteiger partial charge is 0.346 e. The van der Waals surface area contributed by atoms with Gasteiger partial charge < -0.3 is 29.3 Å². The molecular weight excluding hydrogens is 1070 g/mol. The number of anilines is 3. The van der Waals surface area contributed by atoms with Crippen molar-refractivity contribution in [3.05, 3.63) is 166 Å². The molecule has 10 nitrogen and oxygen atoms in total. The normalized spacial score (nSPS) is 14.1. The molecule has 8 rings (SSSR count). The largest absolute Gasteiger partial charge is 0.494 e. The van der Waals surface area contributed by atoms with Gasteiger partial charge in [-0.25, -0.2) is 9.18 Å². The number of unbranched alkanes of at least 4 members (excludes halogenated alkanes) is 8. The lowest BCUT2D eigenvalue weighted by Gasteiger charge is -2.29. The van der Waals surface area contributed by atoms with Crippen LogP contribution in [0.5, 0.6) is 11.5 Å². The number of hydrogen-bond acceptors (Lipinski definition) is 8. The first kappa shape index (κ1) is 62.3. The third-order valence-electron chi connectivity index (χ3n) is 16.3. The van der Waals surface area contributed by atoms with Gasteiger partial charge >= 0.3 is 5.97 Å². The van der Waals surface area contributed by atoms with E-state index in [-0.39, 0.29) is 29.2 Å². The van der Waals surface area contributed by atoms with Crippen LogP contribution >= 0.6 is 11.3 Å². The van der Waals surface area contributed by atoms with Crippen LogP contribution in [-0.2, 0) is 14.4 Å². The topological polar surface area (TPSA) is 123 Å². The van der Waals surface area contributed by atoms with Crippen molar-refractivity contribution in [1.29, 1.82) is 5.26 Å². The van der Waals surface area contributed by atoms with Crippen LogP contribution in [-0.4, -0.2) is 59.0 Å². The molecule has 1 N–H and O–H groups in total. The minimum atomic E-state index is -1.43. The molecule has 1 aromatic heterocycles. The van der Waals surface area contributed by atoms with Crippen LogP contribution in [0.1, 0.15) is 160 Å². The minimum absolute atomic E-state index is 0.0133. The average Bonchev–Trinajstić information content (AvgIpc) is 1.66. The van der Waals surface area contributed by atoms with Crippen molar-refractivity contribution < 1.29 is 33.4 Å². The first-order valence-corrected chi connectivity index (χ1v) is 31.6. The molecule has 0 radical (unpaired) electrons. The number of benzene rings is 5. The number of halogens is 1. The predicted octanol–water partition coefficient (Wildman–Crippen LogP) is 18.8. The lowest BCUT2D eigenvalue weighted by Crippen LogP contribution is -2.34. The zero-order valence-electron chi connectivity index (χ0n) is 50.1. The van der Waals surface area contributed by atoms with Crippen molar-refractivity contribution in [3.8, 4) is 39.1 Å². The highest BCUT2D eigenvalue weighted by atomic mass is 32.1. The standard InChI is InChI=1S/C72H83FN4O6S/c1-7-13-17-19-43-82-61-37-33-59(34-38-61)77(60-35-39-62(40-36-60)83-44-20-18-14-8-2)58-31-29-53(30-32-58)64-41-42-65(84-64)69-67-66(70(78)76(69)49-51(12-6)22-16-10-4)68(75(71(67)79)48-50(11-5)21-15-9-3)54-25-23-52(24-26-54)55-27-28-56(63(73)46-55)45-57(47-74)72(80)81/h23-42,45-46,50-51H,7-22,43-44,48-49H2,1-6H3,(H,80,81). The number of nitrogens with zero attached hydrogens (tertiary/aromatic N) is 4. The Morgan fingerprint density at radius 2 is 1.02 bits per heavy atom. The van der Waals surface area contributed by atoms with Crippen LogP contribution in [0.15, 0.2) is 144 Å². The Balaban J connectivity index is 1.16. The van der Waals surface area contributed by atoms with E-state index in [9.17, 15) is 15.2 Å². The highest BCUT2D eigenvalue weighted by Crippen LogP contribution is 2.50. The molecule has 84 heavy (non-hydrogen) atoms. The summed E-state index contributed by atoms with van der Waals surface area (Å²) in [5.74, 6) is -0.324. The number of nitriles is 1. The fourth-order valence-electron chi connectivity index (χ4n) is 11.3. The van der Waals surface area contributed by atoms with Gasteiger partial charge in [-0.3, -0.25) is 9.59 Å². The van der Waals surface area contributed by atoms with Gasteiger partial charge in [-0.05, 0) is 145 Å². The highest BCUT2D eigenvalue weighted by Gasteiger charge is 2.49. The van der Waals surface area contributed by atoms with E-state index in [2.05, 4.69) is 107 Å². The molecule has 2 unspecified atom stereocenters. The fraction of sp³-hybridized carbons (Fsp3) is 0.389. The molecule has 5 aromatic carbocycles. The summed E-state index contributed by atoms with van der Waals surface area (Å²) in [5.41, 5.74) is 7.47. The summed E-state index contributed by atoms with van der Waals surface area (Å²) >= 11 is 1.59. The number of carboxylic acids is 1. The molecule has 6 aromatic rings. The van der Waals surface area contributed by atoms with Gasteiger partial charge in [0.1, 0.15) is 29.0 Å². The van der Waals surface area contributed by atoms with Crippen molar-refractivity contribution in [2.45, 2.75) is 144 Å². The molecular formula is C72H83FN4O6S. The second kappa shape index (κ2) is 30.7.